The van der Waals surface area contributed by atoms with E-state index in [4.69, 9.17) is 11.6 Å². The zero-order valence-corrected chi connectivity index (χ0v) is 9.23. The van der Waals surface area contributed by atoms with Gasteiger partial charge in [-0.15, -0.1) is 11.6 Å². The first-order valence-corrected chi connectivity index (χ1v) is 5.43. The van der Waals surface area contributed by atoms with Crippen LogP contribution in [0.15, 0.2) is 24.3 Å². The van der Waals surface area contributed by atoms with Crippen molar-refractivity contribution in [1.82, 2.24) is 0 Å². The minimum Gasteiger partial charge on any atom is -0.325 e. The molecule has 0 aromatic heterocycles. The molecule has 0 bridgehead atoms. The molecule has 70 valence electrons. The fourth-order valence-corrected chi connectivity index (χ4v) is 1.50. The number of alkyl halides is 2. The van der Waals surface area contributed by atoms with E-state index in [1.54, 1.807) is 0 Å². The molecule has 0 aliphatic heterocycles. The molecule has 0 spiro atoms. The number of carbonyl (C=O) groups is 1. The molecule has 0 saturated carbocycles. The molecule has 0 aliphatic carbocycles. The van der Waals surface area contributed by atoms with Crippen molar-refractivity contribution < 1.29 is 4.79 Å². The number of anilines is 1. The van der Waals surface area contributed by atoms with E-state index in [-0.39, 0.29) is 11.8 Å². The van der Waals surface area contributed by atoms with Gasteiger partial charge in [-0.2, -0.15) is 0 Å². The average molecular weight is 263 g/mol. The summed E-state index contributed by atoms with van der Waals surface area (Å²) in [6.45, 7) is 0. The summed E-state index contributed by atoms with van der Waals surface area (Å²) in [6, 6.07) is 7.59. The fraction of sp³-hybridized carbons (Fsp3) is 0.222. The Morgan fingerprint density at radius 3 is 2.77 bits per heavy atom. The number of hydrogen-bond acceptors (Lipinski definition) is 1. The number of halogens is 2. The second-order valence-corrected chi connectivity index (χ2v) is 3.30. The Balaban J connectivity index is 2.81. The van der Waals surface area contributed by atoms with Crippen LogP contribution in [0.5, 0.6) is 0 Å². The highest BCUT2D eigenvalue weighted by molar-refractivity contribution is 9.08. The molecule has 0 aliphatic rings. The predicted octanol–water partition coefficient (Wildman–Crippen LogP) is 2.76. The largest absolute Gasteiger partial charge is 0.325 e. The smallest absolute Gasteiger partial charge is 0.239 e. The molecule has 4 heteroatoms. The third-order valence-corrected chi connectivity index (χ3v) is 2.40. The van der Waals surface area contributed by atoms with Crippen molar-refractivity contribution in [3.8, 4) is 0 Å². The lowest BCUT2D eigenvalue weighted by Gasteiger charge is -2.06. The van der Waals surface area contributed by atoms with E-state index in [1.807, 2.05) is 24.3 Å². The second-order valence-electron chi connectivity index (χ2n) is 2.47. The maximum Gasteiger partial charge on any atom is 0.239 e. The van der Waals surface area contributed by atoms with Crippen LogP contribution in [0.1, 0.15) is 5.56 Å². The standard InChI is InChI=1S/C9H9BrClNO/c10-5-7-3-1-2-4-8(7)12-9(13)6-11/h1-4H,5-6H2,(H,12,13). The third-order valence-electron chi connectivity index (χ3n) is 1.56. The molecule has 0 saturated heterocycles. The molecule has 1 amide bonds. The predicted molar refractivity (Wildman–Crippen MR) is 58.4 cm³/mol. The number of amides is 1. The molecule has 0 atom stereocenters. The molecular weight excluding hydrogens is 253 g/mol. The first-order valence-electron chi connectivity index (χ1n) is 3.77. The molecule has 0 unspecified atom stereocenters. The Bertz CT molecular complexity index is 303. The molecule has 0 heterocycles. The lowest BCUT2D eigenvalue weighted by Crippen LogP contribution is -2.13. The van der Waals surface area contributed by atoms with E-state index in [2.05, 4.69) is 21.2 Å². The van der Waals surface area contributed by atoms with Gasteiger partial charge >= 0.3 is 0 Å². The van der Waals surface area contributed by atoms with Crippen LogP contribution in [0.3, 0.4) is 0 Å². The highest BCUT2D eigenvalue weighted by Crippen LogP contribution is 2.17. The monoisotopic (exact) mass is 261 g/mol. The first-order chi connectivity index (χ1) is 6.27. The van der Waals surface area contributed by atoms with Gasteiger partial charge in [0.1, 0.15) is 5.88 Å². The van der Waals surface area contributed by atoms with Crippen LogP contribution in [0, 0.1) is 0 Å². The van der Waals surface area contributed by atoms with Crippen molar-refractivity contribution in [3.05, 3.63) is 29.8 Å². The van der Waals surface area contributed by atoms with Crippen LogP contribution in [0.2, 0.25) is 0 Å². The average Bonchev–Trinajstić information content (AvgIpc) is 2.18. The molecule has 0 radical (unpaired) electrons. The van der Waals surface area contributed by atoms with Gasteiger partial charge in [0.2, 0.25) is 5.91 Å². The van der Waals surface area contributed by atoms with E-state index in [0.29, 0.717) is 5.33 Å². The van der Waals surface area contributed by atoms with Gasteiger partial charge in [-0.3, -0.25) is 4.79 Å². The van der Waals surface area contributed by atoms with Gasteiger partial charge in [0.25, 0.3) is 0 Å². The van der Waals surface area contributed by atoms with Crippen LogP contribution in [-0.4, -0.2) is 11.8 Å². The normalized spacial score (nSPS) is 9.69. The van der Waals surface area contributed by atoms with Gasteiger partial charge in [0.15, 0.2) is 0 Å². The summed E-state index contributed by atoms with van der Waals surface area (Å²) in [5, 5.41) is 3.42. The van der Waals surface area contributed by atoms with E-state index in [1.165, 1.54) is 0 Å². The summed E-state index contributed by atoms with van der Waals surface area (Å²) in [7, 11) is 0. The molecule has 1 aromatic carbocycles. The summed E-state index contributed by atoms with van der Waals surface area (Å²) in [5.74, 6) is -0.202. The molecule has 1 N–H and O–H groups in total. The maximum absolute atomic E-state index is 11.0. The van der Waals surface area contributed by atoms with Gasteiger partial charge in [-0.25, -0.2) is 0 Å². The summed E-state index contributed by atoms with van der Waals surface area (Å²) < 4.78 is 0. The summed E-state index contributed by atoms with van der Waals surface area (Å²) in [5.41, 5.74) is 1.85. The van der Waals surface area contributed by atoms with Gasteiger partial charge in [0, 0.05) is 11.0 Å². The molecular formula is C9H9BrClNO. The van der Waals surface area contributed by atoms with E-state index < -0.39 is 0 Å². The summed E-state index contributed by atoms with van der Waals surface area (Å²) in [4.78, 5) is 11.0. The molecule has 1 aromatic rings. The lowest BCUT2D eigenvalue weighted by molar-refractivity contribution is -0.113. The zero-order chi connectivity index (χ0) is 9.68. The van der Waals surface area contributed by atoms with Crippen molar-refractivity contribution in [3.63, 3.8) is 0 Å². The highest BCUT2D eigenvalue weighted by atomic mass is 79.9. The molecule has 1 rings (SSSR count). The molecule has 13 heavy (non-hydrogen) atoms. The topological polar surface area (TPSA) is 29.1 Å². The SMILES string of the molecule is O=C(CCl)Nc1ccccc1CBr. The Morgan fingerprint density at radius 2 is 2.15 bits per heavy atom. The minimum atomic E-state index is -0.185. The Morgan fingerprint density at radius 1 is 1.46 bits per heavy atom. The second kappa shape index (κ2) is 5.25. The van der Waals surface area contributed by atoms with Crippen molar-refractivity contribution in [2.24, 2.45) is 0 Å². The number of para-hydroxylation sites is 1. The van der Waals surface area contributed by atoms with Crippen LogP contribution in [0.4, 0.5) is 5.69 Å². The zero-order valence-electron chi connectivity index (χ0n) is 6.89. The lowest BCUT2D eigenvalue weighted by atomic mass is 10.2. The van der Waals surface area contributed by atoms with Crippen molar-refractivity contribution in [2.75, 3.05) is 11.2 Å². The van der Waals surface area contributed by atoms with Gasteiger partial charge in [0.05, 0.1) is 0 Å². The Kier molecular flexibility index (Phi) is 4.25. The van der Waals surface area contributed by atoms with Crippen molar-refractivity contribution in [1.29, 1.82) is 0 Å². The van der Waals surface area contributed by atoms with Gasteiger partial charge in [-0.1, -0.05) is 34.1 Å². The van der Waals surface area contributed by atoms with Crippen LogP contribution < -0.4 is 5.32 Å². The van der Waals surface area contributed by atoms with Crippen molar-refractivity contribution >= 4 is 39.1 Å². The number of nitrogens with one attached hydrogen (secondary N) is 1. The minimum absolute atomic E-state index is 0.0172. The van der Waals surface area contributed by atoms with Crippen molar-refractivity contribution in [2.45, 2.75) is 5.33 Å². The molecule has 0 fully saturated rings. The quantitative estimate of drug-likeness (QED) is 0.834. The molecule has 2 nitrogen and oxygen atoms in total. The number of rotatable bonds is 3. The highest BCUT2D eigenvalue weighted by Gasteiger charge is 2.03. The fourth-order valence-electron chi connectivity index (χ4n) is 0.942. The maximum atomic E-state index is 11.0. The van der Waals surface area contributed by atoms with E-state index in [0.717, 1.165) is 11.3 Å². The van der Waals surface area contributed by atoms with Gasteiger partial charge in [-0.05, 0) is 11.6 Å². The summed E-state index contributed by atoms with van der Waals surface area (Å²) >= 11 is 8.71. The van der Waals surface area contributed by atoms with Gasteiger partial charge < -0.3 is 5.32 Å². The number of carbonyl (C=O) groups excluding carboxylic acids is 1. The third kappa shape index (κ3) is 3.01. The van der Waals surface area contributed by atoms with Crippen LogP contribution in [-0.2, 0) is 10.1 Å². The Labute approximate surface area is 90.4 Å². The van der Waals surface area contributed by atoms with E-state index in [9.17, 15) is 4.79 Å². The van der Waals surface area contributed by atoms with Crippen LogP contribution in [0.25, 0.3) is 0 Å². The van der Waals surface area contributed by atoms with E-state index >= 15 is 0 Å². The number of hydrogen-bond donors (Lipinski definition) is 1. The summed E-state index contributed by atoms with van der Waals surface area (Å²) in [6.07, 6.45) is 0. The number of benzene rings is 1. The Hall–Kier alpha value is -0.540. The van der Waals surface area contributed by atoms with Crippen LogP contribution >= 0.6 is 27.5 Å². The first kappa shape index (κ1) is 10.5.